The summed E-state index contributed by atoms with van der Waals surface area (Å²) in [6, 6.07) is 9.33. The number of carbonyl (C=O) groups excluding carboxylic acids is 1. The van der Waals surface area contributed by atoms with Crippen LogP contribution in [-0.2, 0) is 4.74 Å². The first-order chi connectivity index (χ1) is 12.1. The van der Waals surface area contributed by atoms with Crippen molar-refractivity contribution in [2.75, 3.05) is 26.2 Å². The van der Waals surface area contributed by atoms with Crippen LogP contribution in [0.4, 0.5) is 13.6 Å². The predicted octanol–water partition coefficient (Wildman–Crippen LogP) is 2.40. The summed E-state index contributed by atoms with van der Waals surface area (Å²) in [5.74, 6) is -0.704. The van der Waals surface area contributed by atoms with Crippen molar-refractivity contribution in [2.45, 2.75) is 38.0 Å². The van der Waals surface area contributed by atoms with E-state index in [4.69, 9.17) is 4.74 Å². The Hall–Kier alpha value is -1.73. The minimum absolute atomic E-state index is 0.0648. The molecule has 1 saturated heterocycles. The zero-order valence-electron chi connectivity index (χ0n) is 14.3. The highest BCUT2D eigenvalue weighted by molar-refractivity contribution is 5.74. The van der Waals surface area contributed by atoms with Gasteiger partial charge in [-0.05, 0) is 18.5 Å². The van der Waals surface area contributed by atoms with Gasteiger partial charge in [-0.3, -0.25) is 4.90 Å². The van der Waals surface area contributed by atoms with Crippen LogP contribution >= 0.6 is 0 Å². The van der Waals surface area contributed by atoms with Crippen LogP contribution in [-0.4, -0.2) is 55.7 Å². The van der Waals surface area contributed by atoms with E-state index in [0.29, 0.717) is 19.6 Å². The summed E-state index contributed by atoms with van der Waals surface area (Å²) in [6.45, 7) is 4.80. The number of nitrogens with one attached hydrogen (secondary N) is 2. The van der Waals surface area contributed by atoms with Crippen molar-refractivity contribution in [3.05, 3.63) is 35.9 Å². The number of carbonyl (C=O) groups is 1. The van der Waals surface area contributed by atoms with E-state index in [9.17, 15) is 13.6 Å². The third kappa shape index (κ3) is 4.46. The number of urea groups is 1. The van der Waals surface area contributed by atoms with Crippen molar-refractivity contribution in [3.8, 4) is 0 Å². The van der Waals surface area contributed by atoms with E-state index in [2.05, 4.69) is 34.6 Å². The zero-order valence-corrected chi connectivity index (χ0v) is 14.3. The number of rotatable bonds is 6. The summed E-state index contributed by atoms with van der Waals surface area (Å²) in [6.07, 6.45) is -2.19. The lowest BCUT2D eigenvalue weighted by atomic mass is 9.98. The second-order valence-electron chi connectivity index (χ2n) is 6.59. The Morgan fingerprint density at radius 1 is 1.36 bits per heavy atom. The summed E-state index contributed by atoms with van der Waals surface area (Å²) in [7, 11) is 0. The summed E-state index contributed by atoms with van der Waals surface area (Å²) in [5.41, 5.74) is 1.15. The first kappa shape index (κ1) is 18.1. The summed E-state index contributed by atoms with van der Waals surface area (Å²) in [5, 5.41) is 5.39. The highest BCUT2D eigenvalue weighted by Crippen LogP contribution is 2.36. The number of hydrogen-bond donors (Lipinski definition) is 2. The molecule has 0 aromatic heterocycles. The molecule has 1 heterocycles. The van der Waals surface area contributed by atoms with E-state index in [0.717, 1.165) is 18.7 Å². The highest BCUT2D eigenvalue weighted by Gasteiger charge is 2.45. The number of ether oxygens (including phenoxy) is 1. The van der Waals surface area contributed by atoms with Crippen molar-refractivity contribution in [1.82, 2.24) is 15.5 Å². The maximum atomic E-state index is 12.5. The van der Waals surface area contributed by atoms with Gasteiger partial charge in [0.1, 0.15) is 0 Å². The van der Waals surface area contributed by atoms with Gasteiger partial charge >= 0.3 is 6.03 Å². The van der Waals surface area contributed by atoms with Gasteiger partial charge in [-0.2, -0.15) is 0 Å². The molecule has 138 valence electrons. The van der Waals surface area contributed by atoms with Gasteiger partial charge in [-0.25, -0.2) is 13.6 Å². The number of nitrogens with zero attached hydrogens (tertiary/aromatic N) is 1. The Morgan fingerprint density at radius 2 is 2.12 bits per heavy atom. The first-order valence-corrected chi connectivity index (χ1v) is 8.83. The van der Waals surface area contributed by atoms with Crippen LogP contribution in [0.5, 0.6) is 0 Å². The van der Waals surface area contributed by atoms with E-state index in [1.807, 2.05) is 18.2 Å². The minimum atomic E-state index is -2.37. The van der Waals surface area contributed by atoms with Crippen LogP contribution < -0.4 is 10.6 Å². The predicted molar refractivity (Wildman–Crippen MR) is 90.6 cm³/mol. The first-order valence-electron chi connectivity index (χ1n) is 8.83. The lowest BCUT2D eigenvalue weighted by molar-refractivity contribution is -0.0682. The molecule has 1 aliphatic carbocycles. The lowest BCUT2D eigenvalue weighted by Crippen LogP contribution is -2.51. The smallest absolute Gasteiger partial charge is 0.315 e. The molecular weight excluding hydrogens is 328 g/mol. The molecule has 2 N–H and O–H groups in total. The molecule has 0 spiro atoms. The summed E-state index contributed by atoms with van der Waals surface area (Å²) < 4.78 is 30.9. The molecule has 2 fully saturated rings. The quantitative estimate of drug-likeness (QED) is 0.826. The van der Waals surface area contributed by atoms with Crippen LogP contribution in [0.3, 0.4) is 0 Å². The number of morpholine rings is 1. The van der Waals surface area contributed by atoms with Gasteiger partial charge in [-0.15, -0.1) is 0 Å². The Morgan fingerprint density at radius 3 is 2.76 bits per heavy atom. The number of halogens is 2. The Kier molecular flexibility index (Phi) is 5.86. The molecule has 1 saturated carbocycles. The van der Waals surface area contributed by atoms with Gasteiger partial charge in [0.15, 0.2) is 0 Å². The Balaban J connectivity index is 1.57. The van der Waals surface area contributed by atoms with Gasteiger partial charge in [0.05, 0.1) is 18.8 Å². The minimum Gasteiger partial charge on any atom is -0.373 e. The Labute approximate surface area is 146 Å². The van der Waals surface area contributed by atoms with Crippen molar-refractivity contribution in [3.63, 3.8) is 0 Å². The molecule has 7 heteroatoms. The van der Waals surface area contributed by atoms with Gasteiger partial charge in [0, 0.05) is 25.0 Å². The second-order valence-corrected chi connectivity index (χ2v) is 6.59. The molecule has 0 bridgehead atoms. The summed E-state index contributed by atoms with van der Waals surface area (Å²) in [4.78, 5) is 14.3. The number of amides is 2. The van der Waals surface area contributed by atoms with Crippen LogP contribution in [0.2, 0.25) is 0 Å². The van der Waals surface area contributed by atoms with Crippen LogP contribution in [0.25, 0.3) is 0 Å². The fourth-order valence-electron chi connectivity index (χ4n) is 3.46. The maximum absolute atomic E-state index is 12.5. The molecule has 0 unspecified atom stereocenters. The van der Waals surface area contributed by atoms with Gasteiger partial charge in [0.25, 0.3) is 0 Å². The molecule has 1 aromatic carbocycles. The maximum Gasteiger partial charge on any atom is 0.315 e. The van der Waals surface area contributed by atoms with Crippen LogP contribution in [0, 0.1) is 5.92 Å². The van der Waals surface area contributed by atoms with Crippen molar-refractivity contribution in [2.24, 2.45) is 5.92 Å². The van der Waals surface area contributed by atoms with E-state index in [-0.39, 0.29) is 12.1 Å². The highest BCUT2D eigenvalue weighted by atomic mass is 19.3. The fourth-order valence-corrected chi connectivity index (χ4v) is 3.46. The second kappa shape index (κ2) is 8.10. The van der Waals surface area contributed by atoms with Crippen LogP contribution in [0.1, 0.15) is 24.9 Å². The van der Waals surface area contributed by atoms with Crippen LogP contribution in [0.15, 0.2) is 30.3 Å². The molecule has 4 atom stereocenters. The number of likely N-dealkylation sites (N-methyl/N-ethyl adjacent to an activating group) is 1. The monoisotopic (exact) mass is 353 g/mol. The standard InChI is InChI=1S/C18H25F2N3O2/c1-2-23-8-9-25-15(16(23)12-6-4-3-5-7-12)11-21-18(24)22-14-10-13(14)17(19)20/h3-7,13-17H,2,8-11H2,1H3,(H2,21,22,24)/t13-,14+,15-,16-/m0/s1. The molecule has 1 aliphatic heterocycles. The van der Waals surface area contributed by atoms with E-state index in [1.54, 1.807) is 0 Å². The molecule has 25 heavy (non-hydrogen) atoms. The molecule has 2 amide bonds. The van der Waals surface area contributed by atoms with Crippen molar-refractivity contribution >= 4 is 6.03 Å². The number of alkyl halides is 2. The molecule has 5 nitrogen and oxygen atoms in total. The summed E-state index contributed by atoms with van der Waals surface area (Å²) >= 11 is 0. The molecule has 0 radical (unpaired) electrons. The Bertz CT molecular complexity index is 573. The zero-order chi connectivity index (χ0) is 17.8. The molecule has 2 aliphatic rings. The van der Waals surface area contributed by atoms with Gasteiger partial charge < -0.3 is 15.4 Å². The average Bonchev–Trinajstić information content (AvgIpc) is 3.39. The van der Waals surface area contributed by atoms with E-state index in [1.165, 1.54) is 0 Å². The molecule has 3 rings (SSSR count). The fraction of sp³-hybridized carbons (Fsp3) is 0.611. The number of hydrogen-bond acceptors (Lipinski definition) is 3. The van der Waals surface area contributed by atoms with Crippen molar-refractivity contribution < 1.29 is 18.3 Å². The van der Waals surface area contributed by atoms with E-state index >= 15 is 0 Å². The molecular formula is C18H25F2N3O2. The number of benzene rings is 1. The van der Waals surface area contributed by atoms with Crippen molar-refractivity contribution in [1.29, 1.82) is 0 Å². The largest absolute Gasteiger partial charge is 0.373 e. The third-order valence-electron chi connectivity index (χ3n) is 4.95. The SMILES string of the molecule is CCN1CCO[C@@H](CNC(=O)N[C@@H]2C[C@@H]2C(F)F)[C@@H]1c1ccccc1. The van der Waals surface area contributed by atoms with E-state index < -0.39 is 24.4 Å². The van der Waals surface area contributed by atoms with Gasteiger partial charge in [-0.1, -0.05) is 37.3 Å². The topological polar surface area (TPSA) is 53.6 Å². The normalized spacial score (nSPS) is 29.4. The average molecular weight is 353 g/mol. The van der Waals surface area contributed by atoms with Gasteiger partial charge in [0.2, 0.25) is 6.43 Å². The third-order valence-corrected chi connectivity index (χ3v) is 4.95. The molecule has 1 aromatic rings. The lowest BCUT2D eigenvalue weighted by Gasteiger charge is -2.41.